The van der Waals surface area contributed by atoms with Gasteiger partial charge in [0.1, 0.15) is 0 Å². The number of hydrogen-bond donors (Lipinski definition) is 1. The predicted molar refractivity (Wildman–Crippen MR) is 129 cm³/mol. The molecule has 0 bridgehead atoms. The molecule has 2 fully saturated rings. The number of esters is 1. The topological polar surface area (TPSA) is 79.0 Å². The van der Waals surface area contributed by atoms with E-state index < -0.39 is 0 Å². The van der Waals surface area contributed by atoms with Crippen LogP contribution < -0.4 is 5.32 Å². The summed E-state index contributed by atoms with van der Waals surface area (Å²) in [6.45, 7) is 8.92. The van der Waals surface area contributed by atoms with E-state index in [4.69, 9.17) is 4.74 Å². The molecule has 1 aliphatic carbocycles. The predicted octanol–water partition coefficient (Wildman–Crippen LogP) is 3.79. The van der Waals surface area contributed by atoms with Crippen molar-refractivity contribution in [2.24, 2.45) is 5.92 Å². The van der Waals surface area contributed by atoms with Crippen LogP contribution in [0.3, 0.4) is 0 Å². The summed E-state index contributed by atoms with van der Waals surface area (Å²) >= 11 is 0. The zero-order chi connectivity index (χ0) is 23.8. The van der Waals surface area contributed by atoms with Gasteiger partial charge in [-0.1, -0.05) is 38.8 Å². The molecule has 1 heterocycles. The van der Waals surface area contributed by atoms with E-state index in [0.29, 0.717) is 44.6 Å². The van der Waals surface area contributed by atoms with Gasteiger partial charge in [0.05, 0.1) is 19.1 Å². The Morgan fingerprint density at radius 1 is 1.00 bits per heavy atom. The molecule has 7 nitrogen and oxygen atoms in total. The molecule has 182 valence electrons. The third-order valence-corrected chi connectivity index (χ3v) is 6.87. The van der Waals surface area contributed by atoms with Crippen molar-refractivity contribution in [3.05, 3.63) is 29.8 Å². The lowest BCUT2D eigenvalue weighted by atomic mass is 9.94. The van der Waals surface area contributed by atoms with Crippen LogP contribution >= 0.6 is 0 Å². The molecule has 0 spiro atoms. The van der Waals surface area contributed by atoms with Crippen molar-refractivity contribution in [2.75, 3.05) is 38.1 Å². The van der Waals surface area contributed by atoms with Gasteiger partial charge in [0.15, 0.2) is 0 Å². The normalized spacial score (nSPS) is 18.4. The molecule has 1 atom stereocenters. The van der Waals surface area contributed by atoms with Crippen LogP contribution in [0, 0.1) is 5.92 Å². The number of piperazine rings is 1. The lowest BCUT2D eigenvalue weighted by Gasteiger charge is -2.40. The Morgan fingerprint density at radius 2 is 1.64 bits per heavy atom. The van der Waals surface area contributed by atoms with Gasteiger partial charge in [0.2, 0.25) is 11.8 Å². The molecule has 1 aliphatic heterocycles. The number of nitrogens with one attached hydrogen (secondary N) is 1. The van der Waals surface area contributed by atoms with Crippen molar-refractivity contribution in [2.45, 2.75) is 71.3 Å². The smallest absolute Gasteiger partial charge is 0.306 e. The fourth-order valence-corrected chi connectivity index (χ4v) is 4.97. The highest BCUT2D eigenvalue weighted by Crippen LogP contribution is 2.32. The number of carbonyl (C=O) groups excluding carboxylic acids is 3. The quantitative estimate of drug-likeness (QED) is 0.571. The Morgan fingerprint density at radius 3 is 2.21 bits per heavy atom. The van der Waals surface area contributed by atoms with Crippen LogP contribution in [0.5, 0.6) is 0 Å². The molecule has 1 saturated carbocycles. The molecule has 0 radical (unpaired) electrons. The molecule has 2 amide bonds. The number of nitrogens with zero attached hydrogens (tertiary/aromatic N) is 2. The first kappa shape index (κ1) is 25.2. The van der Waals surface area contributed by atoms with Gasteiger partial charge in [-0.3, -0.25) is 19.3 Å². The molecule has 1 saturated heterocycles. The van der Waals surface area contributed by atoms with Gasteiger partial charge >= 0.3 is 5.97 Å². The van der Waals surface area contributed by atoms with Gasteiger partial charge in [-0.05, 0) is 49.3 Å². The number of hydrogen-bond acceptors (Lipinski definition) is 5. The van der Waals surface area contributed by atoms with Crippen LogP contribution in [0.2, 0.25) is 0 Å². The van der Waals surface area contributed by atoms with Gasteiger partial charge in [-0.2, -0.15) is 0 Å². The van der Waals surface area contributed by atoms with E-state index in [9.17, 15) is 14.4 Å². The van der Waals surface area contributed by atoms with E-state index in [1.165, 1.54) is 18.4 Å². The summed E-state index contributed by atoms with van der Waals surface area (Å²) in [5.74, 6) is 0.517. The molecule has 1 aromatic carbocycles. The number of rotatable bonds is 9. The third kappa shape index (κ3) is 7.03. The van der Waals surface area contributed by atoms with Crippen LogP contribution in [-0.2, 0) is 19.1 Å². The zero-order valence-corrected chi connectivity index (χ0v) is 20.3. The maximum atomic E-state index is 13.4. The van der Waals surface area contributed by atoms with Crippen LogP contribution in [0.25, 0.3) is 0 Å². The monoisotopic (exact) mass is 457 g/mol. The SMILES string of the molecule is CCOC(=O)CCC(=O)N1CCN([C@H](C(=O)Nc2ccc(C(C)C)cc2)C2CCCC2)CC1. The first-order valence-corrected chi connectivity index (χ1v) is 12.5. The van der Waals surface area contributed by atoms with Gasteiger partial charge in [-0.15, -0.1) is 0 Å². The molecule has 0 unspecified atom stereocenters. The van der Waals surface area contributed by atoms with Crippen LogP contribution in [0.15, 0.2) is 24.3 Å². The fraction of sp³-hybridized carbons (Fsp3) is 0.654. The van der Waals surface area contributed by atoms with Crippen molar-refractivity contribution in [3.63, 3.8) is 0 Å². The number of ether oxygens (including phenoxy) is 1. The van der Waals surface area contributed by atoms with Crippen molar-refractivity contribution < 1.29 is 19.1 Å². The molecule has 1 aromatic rings. The largest absolute Gasteiger partial charge is 0.466 e. The van der Waals surface area contributed by atoms with E-state index in [1.807, 2.05) is 17.0 Å². The van der Waals surface area contributed by atoms with Gasteiger partial charge in [0.25, 0.3) is 0 Å². The van der Waals surface area contributed by atoms with Crippen molar-refractivity contribution in [1.29, 1.82) is 0 Å². The lowest BCUT2D eigenvalue weighted by molar-refractivity contribution is -0.146. The number of anilines is 1. The van der Waals surface area contributed by atoms with E-state index >= 15 is 0 Å². The van der Waals surface area contributed by atoms with Gasteiger partial charge < -0.3 is 15.0 Å². The summed E-state index contributed by atoms with van der Waals surface area (Å²) in [5, 5.41) is 3.15. The standard InChI is InChI=1S/C26H39N3O4/c1-4-33-24(31)14-13-23(30)28-15-17-29(18-16-28)25(21-7-5-6-8-21)26(32)27-22-11-9-20(10-12-22)19(2)3/h9-12,19,21,25H,4-8,13-18H2,1-3H3,(H,27,32)/t25-/m0/s1. The molecular weight excluding hydrogens is 418 g/mol. The lowest BCUT2D eigenvalue weighted by Crippen LogP contribution is -2.56. The van der Waals surface area contributed by atoms with Gasteiger partial charge in [0, 0.05) is 38.3 Å². The summed E-state index contributed by atoms with van der Waals surface area (Å²) in [5.41, 5.74) is 2.09. The first-order valence-electron chi connectivity index (χ1n) is 12.5. The van der Waals surface area contributed by atoms with Crippen LogP contribution in [-0.4, -0.2) is 66.4 Å². The summed E-state index contributed by atoms with van der Waals surface area (Å²) in [6.07, 6.45) is 4.78. The second-order valence-electron chi connectivity index (χ2n) is 9.48. The maximum Gasteiger partial charge on any atom is 0.306 e. The minimum Gasteiger partial charge on any atom is -0.466 e. The number of benzene rings is 1. The Hall–Kier alpha value is -2.41. The minimum absolute atomic E-state index is 0.0187. The van der Waals surface area contributed by atoms with E-state index in [2.05, 4.69) is 36.2 Å². The molecule has 1 N–H and O–H groups in total. The fourth-order valence-electron chi connectivity index (χ4n) is 4.97. The Bertz CT molecular complexity index is 794. The minimum atomic E-state index is -0.330. The van der Waals surface area contributed by atoms with E-state index in [-0.39, 0.29) is 36.7 Å². The molecule has 2 aliphatic rings. The number of carbonyl (C=O) groups is 3. The molecular formula is C26H39N3O4. The highest BCUT2D eigenvalue weighted by molar-refractivity contribution is 5.95. The first-order chi connectivity index (χ1) is 15.9. The molecule has 7 heteroatoms. The van der Waals surface area contributed by atoms with Crippen molar-refractivity contribution in [1.82, 2.24) is 9.80 Å². The second-order valence-corrected chi connectivity index (χ2v) is 9.48. The zero-order valence-electron chi connectivity index (χ0n) is 20.3. The average Bonchev–Trinajstić information content (AvgIpc) is 3.33. The summed E-state index contributed by atoms with van der Waals surface area (Å²) < 4.78 is 4.92. The van der Waals surface area contributed by atoms with Crippen molar-refractivity contribution >= 4 is 23.5 Å². The molecule has 3 rings (SSSR count). The third-order valence-electron chi connectivity index (χ3n) is 6.87. The summed E-state index contributed by atoms with van der Waals surface area (Å²) in [7, 11) is 0. The Balaban J connectivity index is 1.58. The second kappa shape index (κ2) is 12.2. The summed E-state index contributed by atoms with van der Waals surface area (Å²) in [6, 6.07) is 7.95. The van der Waals surface area contributed by atoms with Crippen LogP contribution in [0.1, 0.15) is 70.8 Å². The highest BCUT2D eigenvalue weighted by atomic mass is 16.5. The molecule has 33 heavy (non-hydrogen) atoms. The van der Waals surface area contributed by atoms with Gasteiger partial charge in [-0.25, -0.2) is 0 Å². The van der Waals surface area contributed by atoms with Crippen LogP contribution in [0.4, 0.5) is 5.69 Å². The Labute approximate surface area is 197 Å². The van der Waals surface area contributed by atoms with E-state index in [0.717, 1.165) is 18.5 Å². The average molecular weight is 458 g/mol. The maximum absolute atomic E-state index is 13.4. The van der Waals surface area contributed by atoms with E-state index in [1.54, 1.807) is 6.92 Å². The summed E-state index contributed by atoms with van der Waals surface area (Å²) in [4.78, 5) is 41.5. The highest BCUT2D eigenvalue weighted by Gasteiger charge is 2.37. The van der Waals surface area contributed by atoms with Crippen molar-refractivity contribution in [3.8, 4) is 0 Å². The Kier molecular flexibility index (Phi) is 9.30. The molecule has 0 aromatic heterocycles. The number of amides is 2.